The SMILES string of the molecule is CC(C)NC(=O)c1c(NC(=O)c2ccc(Br)cc2)sc2c1CCC(C(C)(C)C)C2. The molecule has 0 spiro atoms. The molecule has 2 N–H and O–H groups in total. The van der Waals surface area contributed by atoms with E-state index in [1.165, 1.54) is 4.88 Å². The van der Waals surface area contributed by atoms with Crippen LogP contribution in [0.3, 0.4) is 0 Å². The molecule has 2 aromatic rings. The summed E-state index contributed by atoms with van der Waals surface area (Å²) in [6, 6.07) is 7.27. The molecule has 1 aliphatic carbocycles. The fraction of sp³-hybridized carbons (Fsp3) is 0.478. The number of fused-ring (bicyclic) bond motifs is 1. The zero-order valence-corrected chi connectivity index (χ0v) is 20.1. The Balaban J connectivity index is 1.95. The maximum atomic E-state index is 13.0. The van der Waals surface area contributed by atoms with Crippen LogP contribution in [0.1, 0.15) is 72.2 Å². The zero-order chi connectivity index (χ0) is 21.3. The Kier molecular flexibility index (Phi) is 6.54. The van der Waals surface area contributed by atoms with E-state index in [-0.39, 0.29) is 23.3 Å². The van der Waals surface area contributed by atoms with Crippen molar-refractivity contribution in [3.8, 4) is 0 Å². The first-order valence-electron chi connectivity index (χ1n) is 10.1. The molecule has 1 aromatic carbocycles. The Bertz CT molecular complexity index is 910. The van der Waals surface area contributed by atoms with E-state index in [4.69, 9.17) is 0 Å². The van der Waals surface area contributed by atoms with Gasteiger partial charge in [0.15, 0.2) is 0 Å². The molecular weight excluding hydrogens is 448 g/mol. The van der Waals surface area contributed by atoms with E-state index in [0.29, 0.717) is 22.0 Å². The minimum atomic E-state index is -0.193. The highest BCUT2D eigenvalue weighted by Crippen LogP contribution is 2.44. The van der Waals surface area contributed by atoms with Crippen LogP contribution in [0.4, 0.5) is 5.00 Å². The molecule has 0 fully saturated rings. The van der Waals surface area contributed by atoms with Crippen LogP contribution in [0, 0.1) is 11.3 Å². The van der Waals surface area contributed by atoms with Gasteiger partial charge in [0.2, 0.25) is 0 Å². The summed E-state index contributed by atoms with van der Waals surface area (Å²) < 4.78 is 0.922. The monoisotopic (exact) mass is 476 g/mol. The number of carbonyl (C=O) groups is 2. The number of hydrogen-bond acceptors (Lipinski definition) is 3. The van der Waals surface area contributed by atoms with Crippen molar-refractivity contribution < 1.29 is 9.59 Å². The number of amides is 2. The number of thiophene rings is 1. The van der Waals surface area contributed by atoms with E-state index in [2.05, 4.69) is 47.3 Å². The van der Waals surface area contributed by atoms with Gasteiger partial charge in [0.05, 0.1) is 5.56 Å². The molecule has 3 rings (SSSR count). The van der Waals surface area contributed by atoms with Gasteiger partial charge in [-0.3, -0.25) is 9.59 Å². The molecule has 1 aromatic heterocycles. The molecule has 1 aliphatic rings. The Morgan fingerprint density at radius 3 is 2.38 bits per heavy atom. The average molecular weight is 477 g/mol. The molecule has 0 radical (unpaired) electrons. The summed E-state index contributed by atoms with van der Waals surface area (Å²) in [6.45, 7) is 10.7. The highest BCUT2D eigenvalue weighted by atomic mass is 79.9. The van der Waals surface area contributed by atoms with E-state index in [1.54, 1.807) is 23.5 Å². The fourth-order valence-corrected chi connectivity index (χ4v) is 5.35. The summed E-state index contributed by atoms with van der Waals surface area (Å²) in [7, 11) is 0. The van der Waals surface area contributed by atoms with Crippen molar-refractivity contribution in [3.63, 3.8) is 0 Å². The summed E-state index contributed by atoms with van der Waals surface area (Å²) in [5.41, 5.74) is 2.56. The Morgan fingerprint density at radius 2 is 1.79 bits per heavy atom. The van der Waals surface area contributed by atoms with Gasteiger partial charge in [0, 0.05) is 21.0 Å². The average Bonchev–Trinajstić information content (AvgIpc) is 2.97. The first kappa shape index (κ1) is 22.0. The molecule has 1 atom stereocenters. The third-order valence-electron chi connectivity index (χ3n) is 5.47. The van der Waals surface area contributed by atoms with Crippen LogP contribution in [0.25, 0.3) is 0 Å². The van der Waals surface area contributed by atoms with Crippen molar-refractivity contribution in [2.24, 2.45) is 11.3 Å². The Labute approximate surface area is 185 Å². The lowest BCUT2D eigenvalue weighted by Crippen LogP contribution is -2.32. The molecule has 0 bridgehead atoms. The van der Waals surface area contributed by atoms with E-state index in [0.717, 1.165) is 29.3 Å². The highest BCUT2D eigenvalue weighted by Gasteiger charge is 2.34. The van der Waals surface area contributed by atoms with Gasteiger partial charge >= 0.3 is 0 Å². The number of benzene rings is 1. The van der Waals surface area contributed by atoms with Crippen molar-refractivity contribution >= 4 is 44.1 Å². The minimum absolute atomic E-state index is 0.0407. The third-order valence-corrected chi connectivity index (χ3v) is 7.17. The lowest BCUT2D eigenvalue weighted by molar-refractivity contribution is 0.0943. The summed E-state index contributed by atoms with van der Waals surface area (Å²) in [6.07, 6.45) is 2.90. The molecule has 2 amide bonds. The van der Waals surface area contributed by atoms with Gasteiger partial charge in [-0.05, 0) is 74.3 Å². The third kappa shape index (κ3) is 5.10. The van der Waals surface area contributed by atoms with Gasteiger partial charge in [0.1, 0.15) is 5.00 Å². The van der Waals surface area contributed by atoms with Gasteiger partial charge in [-0.1, -0.05) is 36.7 Å². The summed E-state index contributed by atoms with van der Waals surface area (Å²) >= 11 is 4.95. The van der Waals surface area contributed by atoms with Gasteiger partial charge in [-0.2, -0.15) is 0 Å². The van der Waals surface area contributed by atoms with Crippen molar-refractivity contribution in [3.05, 3.63) is 50.3 Å². The quantitative estimate of drug-likeness (QED) is 0.563. The molecule has 6 heteroatoms. The van der Waals surface area contributed by atoms with Crippen LogP contribution in [-0.4, -0.2) is 17.9 Å². The molecule has 156 valence electrons. The van der Waals surface area contributed by atoms with Crippen LogP contribution < -0.4 is 10.6 Å². The Hall–Kier alpha value is -1.66. The second-order valence-corrected chi connectivity index (χ2v) is 11.1. The summed E-state index contributed by atoms with van der Waals surface area (Å²) in [5.74, 6) is 0.282. The number of halogens is 1. The fourth-order valence-electron chi connectivity index (χ4n) is 3.76. The van der Waals surface area contributed by atoms with E-state index >= 15 is 0 Å². The second kappa shape index (κ2) is 8.60. The van der Waals surface area contributed by atoms with E-state index in [1.807, 2.05) is 26.0 Å². The highest BCUT2D eigenvalue weighted by molar-refractivity contribution is 9.10. The molecule has 1 heterocycles. The van der Waals surface area contributed by atoms with Crippen LogP contribution in [0.5, 0.6) is 0 Å². The van der Waals surface area contributed by atoms with Crippen LogP contribution in [0.15, 0.2) is 28.7 Å². The maximum absolute atomic E-state index is 13.0. The van der Waals surface area contributed by atoms with Gasteiger partial charge in [0.25, 0.3) is 11.8 Å². The first-order valence-corrected chi connectivity index (χ1v) is 11.7. The summed E-state index contributed by atoms with van der Waals surface area (Å²) in [5, 5.41) is 6.69. The zero-order valence-electron chi connectivity index (χ0n) is 17.7. The molecular formula is C23H29BrN2O2S. The van der Waals surface area contributed by atoms with E-state index < -0.39 is 0 Å². The maximum Gasteiger partial charge on any atom is 0.256 e. The van der Waals surface area contributed by atoms with Crippen molar-refractivity contribution in [2.75, 3.05) is 5.32 Å². The standard InChI is InChI=1S/C23H29BrN2O2S/c1-13(2)25-21(28)19-17-11-8-15(23(3,4)5)12-18(17)29-22(19)26-20(27)14-6-9-16(24)10-7-14/h6-7,9-10,13,15H,8,11-12H2,1-5H3,(H,25,28)(H,26,27). The lowest BCUT2D eigenvalue weighted by Gasteiger charge is -2.33. The molecule has 0 saturated heterocycles. The first-order chi connectivity index (χ1) is 13.6. The van der Waals surface area contributed by atoms with Crippen LogP contribution >= 0.6 is 27.3 Å². The van der Waals surface area contributed by atoms with Crippen molar-refractivity contribution in [1.82, 2.24) is 5.32 Å². The minimum Gasteiger partial charge on any atom is -0.350 e. The number of carbonyl (C=O) groups excluding carboxylic acids is 2. The van der Waals surface area contributed by atoms with Gasteiger partial charge < -0.3 is 10.6 Å². The summed E-state index contributed by atoms with van der Waals surface area (Å²) in [4.78, 5) is 27.0. The topological polar surface area (TPSA) is 58.2 Å². The lowest BCUT2D eigenvalue weighted by atomic mass is 9.72. The molecule has 29 heavy (non-hydrogen) atoms. The number of nitrogens with one attached hydrogen (secondary N) is 2. The second-order valence-electron chi connectivity index (χ2n) is 9.10. The smallest absolute Gasteiger partial charge is 0.256 e. The molecule has 1 unspecified atom stereocenters. The molecule has 0 aliphatic heterocycles. The number of rotatable bonds is 4. The normalized spacial score (nSPS) is 16.4. The molecule has 0 saturated carbocycles. The number of anilines is 1. The van der Waals surface area contributed by atoms with Crippen molar-refractivity contribution in [1.29, 1.82) is 0 Å². The predicted molar refractivity (Wildman–Crippen MR) is 124 cm³/mol. The van der Waals surface area contributed by atoms with Crippen molar-refractivity contribution in [2.45, 2.75) is 59.9 Å². The Morgan fingerprint density at radius 1 is 1.14 bits per heavy atom. The number of hydrogen-bond donors (Lipinski definition) is 2. The van der Waals surface area contributed by atoms with Crippen LogP contribution in [-0.2, 0) is 12.8 Å². The largest absolute Gasteiger partial charge is 0.350 e. The van der Waals surface area contributed by atoms with Crippen LogP contribution in [0.2, 0.25) is 0 Å². The van der Waals surface area contributed by atoms with Gasteiger partial charge in [-0.15, -0.1) is 11.3 Å². The predicted octanol–water partition coefficient (Wildman–Crippen LogP) is 6.05. The molecule has 4 nitrogen and oxygen atoms in total. The van der Waals surface area contributed by atoms with E-state index in [9.17, 15) is 9.59 Å². The van der Waals surface area contributed by atoms with Gasteiger partial charge in [-0.25, -0.2) is 0 Å².